The summed E-state index contributed by atoms with van der Waals surface area (Å²) in [4.78, 5) is 12.7. The van der Waals surface area contributed by atoms with Gasteiger partial charge in [-0.3, -0.25) is 10.1 Å². The van der Waals surface area contributed by atoms with Crippen LogP contribution in [0.15, 0.2) is 45.3 Å². The van der Waals surface area contributed by atoms with Crippen molar-refractivity contribution in [2.24, 2.45) is 0 Å². The lowest BCUT2D eigenvalue weighted by molar-refractivity contribution is 0.102. The van der Waals surface area contributed by atoms with E-state index in [-0.39, 0.29) is 5.91 Å². The van der Waals surface area contributed by atoms with Crippen LogP contribution >= 0.6 is 43.2 Å². The van der Waals surface area contributed by atoms with Gasteiger partial charge in [0.25, 0.3) is 5.91 Å². The zero-order chi connectivity index (χ0) is 18.7. The number of amides is 1. The second-order valence-corrected chi connectivity index (χ2v) is 7.87. The summed E-state index contributed by atoms with van der Waals surface area (Å²) in [6, 6.07) is 10.9. The molecule has 6 nitrogen and oxygen atoms in total. The maximum Gasteiger partial charge on any atom is 0.265 e. The van der Waals surface area contributed by atoms with E-state index in [2.05, 4.69) is 47.4 Å². The van der Waals surface area contributed by atoms with Crippen molar-refractivity contribution in [3.63, 3.8) is 0 Å². The second kappa shape index (κ2) is 8.15. The molecule has 0 aliphatic heterocycles. The first-order valence-corrected chi connectivity index (χ1v) is 9.74. The van der Waals surface area contributed by atoms with E-state index in [4.69, 9.17) is 9.47 Å². The van der Waals surface area contributed by atoms with E-state index in [1.807, 2.05) is 18.2 Å². The maximum atomic E-state index is 12.7. The molecule has 0 aliphatic carbocycles. The number of hydrogen-bond donors (Lipinski definition) is 1. The second-order valence-electron chi connectivity index (χ2n) is 5.06. The maximum absolute atomic E-state index is 12.7. The Kier molecular flexibility index (Phi) is 5.90. The third kappa shape index (κ3) is 4.05. The van der Waals surface area contributed by atoms with Crippen LogP contribution in [0.25, 0.3) is 10.6 Å². The number of methoxy groups -OCH3 is 2. The van der Waals surface area contributed by atoms with Gasteiger partial charge in [0.15, 0.2) is 0 Å². The number of ether oxygens (including phenoxy) is 2. The molecule has 0 saturated heterocycles. The molecule has 0 aliphatic rings. The van der Waals surface area contributed by atoms with E-state index >= 15 is 0 Å². The van der Waals surface area contributed by atoms with Gasteiger partial charge >= 0.3 is 0 Å². The number of hydrogen-bond acceptors (Lipinski definition) is 6. The molecule has 134 valence electrons. The molecule has 0 bridgehead atoms. The molecule has 0 spiro atoms. The Bertz CT molecular complexity index is 920. The van der Waals surface area contributed by atoms with Crippen LogP contribution in [0, 0.1) is 0 Å². The van der Waals surface area contributed by atoms with Crippen molar-refractivity contribution in [1.82, 2.24) is 10.2 Å². The molecule has 1 heterocycles. The Morgan fingerprint density at radius 2 is 1.65 bits per heavy atom. The van der Waals surface area contributed by atoms with Gasteiger partial charge in [-0.15, -0.1) is 10.2 Å². The number of carbonyl (C=O) groups excluding carboxylic acids is 1. The fourth-order valence-electron chi connectivity index (χ4n) is 2.30. The predicted octanol–water partition coefficient (Wildman–Crippen LogP) is 5.00. The van der Waals surface area contributed by atoms with Crippen molar-refractivity contribution < 1.29 is 14.3 Å². The fraction of sp³-hybridized carbons (Fsp3) is 0.118. The molecule has 0 atom stereocenters. The van der Waals surface area contributed by atoms with Crippen LogP contribution in [0.1, 0.15) is 10.4 Å². The molecule has 0 saturated carbocycles. The largest absolute Gasteiger partial charge is 0.496 e. The number of aromatic nitrogens is 2. The van der Waals surface area contributed by atoms with Gasteiger partial charge in [-0.1, -0.05) is 49.3 Å². The summed E-state index contributed by atoms with van der Waals surface area (Å²) in [7, 11) is 3.00. The summed E-state index contributed by atoms with van der Waals surface area (Å²) >= 11 is 8.17. The van der Waals surface area contributed by atoms with E-state index in [0.29, 0.717) is 27.2 Å². The summed E-state index contributed by atoms with van der Waals surface area (Å²) in [6.07, 6.45) is 0. The number of benzene rings is 2. The van der Waals surface area contributed by atoms with Crippen molar-refractivity contribution in [1.29, 1.82) is 0 Å². The van der Waals surface area contributed by atoms with Crippen molar-refractivity contribution in [3.05, 3.63) is 50.9 Å². The Labute approximate surface area is 170 Å². The monoisotopic (exact) mass is 497 g/mol. The zero-order valence-electron chi connectivity index (χ0n) is 13.7. The van der Waals surface area contributed by atoms with Gasteiger partial charge in [0.1, 0.15) is 22.1 Å². The molecule has 3 rings (SSSR count). The summed E-state index contributed by atoms with van der Waals surface area (Å²) in [5, 5.41) is 12.0. The quantitative estimate of drug-likeness (QED) is 0.535. The van der Waals surface area contributed by atoms with Gasteiger partial charge in [0.2, 0.25) is 5.13 Å². The molecule has 9 heteroatoms. The smallest absolute Gasteiger partial charge is 0.265 e. The molecule has 2 aromatic carbocycles. The number of rotatable bonds is 5. The predicted molar refractivity (Wildman–Crippen MR) is 108 cm³/mol. The van der Waals surface area contributed by atoms with Crippen molar-refractivity contribution in [2.45, 2.75) is 0 Å². The van der Waals surface area contributed by atoms with Gasteiger partial charge in [0.05, 0.1) is 14.2 Å². The molecule has 1 amide bonds. The zero-order valence-corrected chi connectivity index (χ0v) is 17.7. The third-order valence-corrected chi connectivity index (χ3v) is 5.21. The minimum Gasteiger partial charge on any atom is -0.496 e. The molecule has 0 fully saturated rings. The normalized spacial score (nSPS) is 10.5. The summed E-state index contributed by atoms with van der Waals surface area (Å²) in [6.45, 7) is 0. The Balaban J connectivity index is 1.87. The standard InChI is InChI=1S/C17H13Br2N3O3S/c1-24-12-4-3-5-13(25-2)14(12)15(23)20-17-22-21-16(26-17)9-6-10(18)8-11(19)7-9/h3-8H,1-2H3,(H,20,22,23). The lowest BCUT2D eigenvalue weighted by Crippen LogP contribution is -2.14. The lowest BCUT2D eigenvalue weighted by atomic mass is 10.1. The Hall–Kier alpha value is -1.97. The number of nitrogens with one attached hydrogen (secondary N) is 1. The van der Waals surface area contributed by atoms with Crippen molar-refractivity contribution in [3.8, 4) is 22.1 Å². The van der Waals surface area contributed by atoms with Crippen LogP contribution in [0.3, 0.4) is 0 Å². The number of halogens is 2. The van der Waals surface area contributed by atoms with Gasteiger partial charge in [0, 0.05) is 14.5 Å². The first-order valence-electron chi connectivity index (χ1n) is 7.34. The average Bonchev–Trinajstić information content (AvgIpc) is 3.08. The molecule has 0 unspecified atom stereocenters. The highest BCUT2D eigenvalue weighted by Crippen LogP contribution is 2.33. The van der Waals surface area contributed by atoms with Crippen LogP contribution in [-0.2, 0) is 0 Å². The first-order chi connectivity index (χ1) is 12.5. The van der Waals surface area contributed by atoms with Crippen LogP contribution in [0.5, 0.6) is 11.5 Å². The molecule has 1 N–H and O–H groups in total. The topological polar surface area (TPSA) is 73.3 Å². The van der Waals surface area contributed by atoms with Crippen LogP contribution in [0.2, 0.25) is 0 Å². The molecule has 0 radical (unpaired) electrons. The SMILES string of the molecule is COc1cccc(OC)c1C(=O)Nc1nnc(-c2cc(Br)cc(Br)c2)s1. The molecule has 3 aromatic rings. The highest BCUT2D eigenvalue weighted by atomic mass is 79.9. The van der Waals surface area contributed by atoms with E-state index in [9.17, 15) is 4.79 Å². The highest BCUT2D eigenvalue weighted by molar-refractivity contribution is 9.11. The van der Waals surface area contributed by atoms with E-state index < -0.39 is 0 Å². The number of carbonyl (C=O) groups is 1. The fourth-order valence-corrected chi connectivity index (χ4v) is 4.32. The summed E-state index contributed by atoms with van der Waals surface area (Å²) < 4.78 is 12.4. The Morgan fingerprint density at radius 1 is 1.04 bits per heavy atom. The first kappa shape index (κ1) is 18.8. The van der Waals surface area contributed by atoms with Crippen LogP contribution < -0.4 is 14.8 Å². The Morgan fingerprint density at radius 3 is 2.23 bits per heavy atom. The van der Waals surface area contributed by atoms with Crippen molar-refractivity contribution >= 4 is 54.2 Å². The average molecular weight is 499 g/mol. The van der Waals surface area contributed by atoms with E-state index in [1.54, 1.807) is 18.2 Å². The van der Waals surface area contributed by atoms with Crippen LogP contribution in [0.4, 0.5) is 5.13 Å². The molecule has 26 heavy (non-hydrogen) atoms. The lowest BCUT2D eigenvalue weighted by Gasteiger charge is -2.11. The third-order valence-electron chi connectivity index (χ3n) is 3.41. The highest BCUT2D eigenvalue weighted by Gasteiger charge is 2.20. The van der Waals surface area contributed by atoms with Gasteiger partial charge in [-0.25, -0.2) is 0 Å². The number of anilines is 1. The molecular formula is C17H13Br2N3O3S. The van der Waals surface area contributed by atoms with Gasteiger partial charge < -0.3 is 9.47 Å². The summed E-state index contributed by atoms with van der Waals surface area (Å²) in [5.41, 5.74) is 1.19. The molecular weight excluding hydrogens is 486 g/mol. The number of nitrogens with zero attached hydrogens (tertiary/aromatic N) is 2. The minimum absolute atomic E-state index is 0.305. The summed E-state index contributed by atoms with van der Waals surface area (Å²) in [5.74, 6) is 0.461. The van der Waals surface area contributed by atoms with Gasteiger partial charge in [-0.05, 0) is 30.3 Å². The van der Waals surface area contributed by atoms with Gasteiger partial charge in [-0.2, -0.15) is 0 Å². The minimum atomic E-state index is -0.377. The van der Waals surface area contributed by atoms with Crippen LogP contribution in [-0.4, -0.2) is 30.3 Å². The van der Waals surface area contributed by atoms with E-state index in [1.165, 1.54) is 25.6 Å². The molecule has 1 aromatic heterocycles. The van der Waals surface area contributed by atoms with E-state index in [0.717, 1.165) is 14.5 Å². The van der Waals surface area contributed by atoms with Crippen molar-refractivity contribution in [2.75, 3.05) is 19.5 Å².